The molecule has 9 heteroatoms. The third-order valence-corrected chi connectivity index (χ3v) is 7.62. The number of rotatable bonds is 4. The van der Waals surface area contributed by atoms with E-state index in [1.165, 1.54) is 35.5 Å². The van der Waals surface area contributed by atoms with Gasteiger partial charge in [0.25, 0.3) is 5.91 Å². The summed E-state index contributed by atoms with van der Waals surface area (Å²) in [6, 6.07) is 12.8. The van der Waals surface area contributed by atoms with Gasteiger partial charge in [0.2, 0.25) is 10.0 Å². The van der Waals surface area contributed by atoms with E-state index in [1.54, 1.807) is 24.3 Å². The van der Waals surface area contributed by atoms with E-state index in [0.717, 1.165) is 0 Å². The number of Topliss-reactive ketones (excluding diaryl/α,β-unsaturated/α-hetero) is 1. The fourth-order valence-electron chi connectivity index (χ4n) is 3.71. The Kier molecular flexibility index (Phi) is 5.25. The van der Waals surface area contributed by atoms with Crippen LogP contribution >= 0.6 is 11.6 Å². The number of carbonyl (C=O) groups excluding carboxylic acids is 2. The van der Waals surface area contributed by atoms with Crippen LogP contribution in [0.15, 0.2) is 58.4 Å². The van der Waals surface area contributed by atoms with Crippen LogP contribution in [0.4, 0.5) is 0 Å². The average Bonchev–Trinajstić information content (AvgIpc) is 3.04. The predicted octanol–water partition coefficient (Wildman–Crippen LogP) is 2.64. The Hall–Kier alpha value is -2.55. The second-order valence-electron chi connectivity index (χ2n) is 7.44. The molecule has 2 heterocycles. The van der Waals surface area contributed by atoms with Crippen LogP contribution in [0, 0.1) is 0 Å². The molecule has 0 radical (unpaired) electrons. The van der Waals surface area contributed by atoms with Crippen LogP contribution in [0.3, 0.4) is 0 Å². The molecule has 2 aliphatic heterocycles. The molecule has 0 saturated carbocycles. The largest absolute Gasteiger partial charge is 0.326 e. The molecule has 2 aromatic carbocycles. The smallest absolute Gasteiger partial charge is 0.272 e. The van der Waals surface area contributed by atoms with Crippen molar-refractivity contribution >= 4 is 39.0 Å². The van der Waals surface area contributed by atoms with Gasteiger partial charge in [-0.05, 0) is 31.2 Å². The highest BCUT2D eigenvalue weighted by Crippen LogP contribution is 2.31. The highest BCUT2D eigenvalue weighted by atomic mass is 35.5. The molecule has 2 aliphatic rings. The molecule has 1 amide bonds. The first-order chi connectivity index (χ1) is 14.2. The normalized spacial score (nSPS) is 18.9. The minimum absolute atomic E-state index is 0.120. The molecule has 0 unspecified atom stereocenters. The van der Waals surface area contributed by atoms with Crippen molar-refractivity contribution < 1.29 is 18.0 Å². The van der Waals surface area contributed by atoms with E-state index in [4.69, 9.17) is 11.6 Å². The second kappa shape index (κ2) is 7.61. The number of sulfonamides is 1. The van der Waals surface area contributed by atoms with Crippen molar-refractivity contribution in [1.82, 2.24) is 9.62 Å². The molecular weight excluding hydrogens is 426 g/mol. The number of hydrogen-bond donors (Lipinski definition) is 1. The second-order valence-corrected chi connectivity index (χ2v) is 9.81. The van der Waals surface area contributed by atoms with Crippen LogP contribution in [0.25, 0.3) is 0 Å². The summed E-state index contributed by atoms with van der Waals surface area (Å²) in [6.07, 6.45) is 0.751. The lowest BCUT2D eigenvalue weighted by Gasteiger charge is -2.36. The van der Waals surface area contributed by atoms with E-state index >= 15 is 0 Å². The number of nitrogens with zero attached hydrogens (tertiary/aromatic N) is 2. The molecule has 0 atom stereocenters. The van der Waals surface area contributed by atoms with Crippen LogP contribution in [0.5, 0.6) is 0 Å². The van der Waals surface area contributed by atoms with Gasteiger partial charge < -0.3 is 5.32 Å². The van der Waals surface area contributed by atoms with Crippen molar-refractivity contribution in [2.45, 2.75) is 30.3 Å². The van der Waals surface area contributed by atoms with Gasteiger partial charge in [-0.2, -0.15) is 4.31 Å². The van der Waals surface area contributed by atoms with Crippen molar-refractivity contribution in [2.75, 3.05) is 13.1 Å². The minimum Gasteiger partial charge on any atom is -0.326 e. The van der Waals surface area contributed by atoms with Gasteiger partial charge in [-0.15, -0.1) is 0 Å². The summed E-state index contributed by atoms with van der Waals surface area (Å²) in [5.74, 6) is -0.390. The van der Waals surface area contributed by atoms with Crippen molar-refractivity contribution in [2.24, 2.45) is 4.99 Å². The first-order valence-corrected chi connectivity index (χ1v) is 11.3. The van der Waals surface area contributed by atoms with Crippen LogP contribution in [-0.4, -0.2) is 48.9 Å². The summed E-state index contributed by atoms with van der Waals surface area (Å²) in [5, 5.41) is 3.50. The number of hydrogen-bond acceptors (Lipinski definition) is 5. The van der Waals surface area contributed by atoms with Crippen LogP contribution in [-0.2, 0) is 14.8 Å². The summed E-state index contributed by atoms with van der Waals surface area (Å²) in [4.78, 5) is 28.7. The van der Waals surface area contributed by atoms with Crippen molar-refractivity contribution in [3.05, 3.63) is 64.7 Å². The molecule has 1 saturated heterocycles. The maximum Gasteiger partial charge on any atom is 0.272 e. The summed E-state index contributed by atoms with van der Waals surface area (Å²) < 4.78 is 27.3. The predicted molar refractivity (Wildman–Crippen MR) is 113 cm³/mol. The van der Waals surface area contributed by atoms with Crippen LogP contribution < -0.4 is 5.32 Å². The molecule has 0 aliphatic carbocycles. The minimum atomic E-state index is -3.69. The Labute approximate surface area is 179 Å². The molecule has 1 N–H and O–H groups in total. The summed E-state index contributed by atoms with van der Waals surface area (Å²) >= 11 is 5.91. The van der Waals surface area contributed by atoms with Crippen molar-refractivity contribution in [3.8, 4) is 0 Å². The van der Waals surface area contributed by atoms with Crippen LogP contribution in [0.2, 0.25) is 5.02 Å². The Bertz CT molecular complexity index is 1130. The molecule has 30 heavy (non-hydrogen) atoms. The van der Waals surface area contributed by atoms with Gasteiger partial charge >= 0.3 is 0 Å². The van der Waals surface area contributed by atoms with Gasteiger partial charge in [-0.1, -0.05) is 35.9 Å². The van der Waals surface area contributed by atoms with E-state index in [9.17, 15) is 18.0 Å². The number of nitrogens with one attached hydrogen (secondary N) is 1. The zero-order chi connectivity index (χ0) is 21.5. The van der Waals surface area contributed by atoms with E-state index in [-0.39, 0.29) is 29.7 Å². The summed E-state index contributed by atoms with van der Waals surface area (Å²) in [6.45, 7) is 1.89. The van der Waals surface area contributed by atoms with E-state index < -0.39 is 15.7 Å². The fraction of sp³-hybridized carbons (Fsp3) is 0.286. The van der Waals surface area contributed by atoms with Crippen LogP contribution in [0.1, 0.15) is 35.7 Å². The van der Waals surface area contributed by atoms with Gasteiger partial charge in [0.15, 0.2) is 5.78 Å². The topological polar surface area (TPSA) is 95.9 Å². The van der Waals surface area contributed by atoms with Crippen molar-refractivity contribution in [3.63, 3.8) is 0 Å². The molecule has 0 aromatic heterocycles. The third kappa shape index (κ3) is 3.78. The number of piperidine rings is 1. The zero-order valence-electron chi connectivity index (χ0n) is 16.3. The quantitative estimate of drug-likeness (QED) is 0.732. The SMILES string of the molecule is CC(=O)c1ccc(S(=O)(=O)N2CCC3(CC2)N=C(c2ccc(Cl)cc2)C(=O)N3)cc1. The average molecular weight is 446 g/mol. The number of benzene rings is 2. The monoisotopic (exact) mass is 445 g/mol. The standard InChI is InChI=1S/C21H20ClN3O4S/c1-14(26)15-4-8-18(9-5-15)30(28,29)25-12-10-21(11-13-25)23-19(20(27)24-21)16-2-6-17(22)7-3-16/h2-9H,10-13H2,1H3,(H,24,27). The Morgan fingerprint density at radius 1 is 1.07 bits per heavy atom. The molecule has 1 spiro atoms. The highest BCUT2D eigenvalue weighted by molar-refractivity contribution is 7.89. The Balaban J connectivity index is 1.51. The van der Waals surface area contributed by atoms with Gasteiger partial charge in [-0.25, -0.2) is 8.42 Å². The van der Waals surface area contributed by atoms with E-state index in [2.05, 4.69) is 10.3 Å². The van der Waals surface area contributed by atoms with Gasteiger partial charge in [0.05, 0.1) is 4.90 Å². The number of amides is 1. The molecule has 2 aromatic rings. The number of halogens is 1. The number of ketones is 1. The van der Waals surface area contributed by atoms with Gasteiger partial charge in [0.1, 0.15) is 11.4 Å². The van der Waals surface area contributed by atoms with E-state index in [1.807, 2.05) is 0 Å². The lowest BCUT2D eigenvalue weighted by molar-refractivity contribution is -0.115. The summed E-state index contributed by atoms with van der Waals surface area (Å²) in [7, 11) is -3.69. The Morgan fingerprint density at radius 3 is 2.23 bits per heavy atom. The molecular formula is C21H20ClN3O4S. The summed E-state index contributed by atoms with van der Waals surface area (Å²) in [5.41, 5.74) is 0.678. The number of carbonyl (C=O) groups is 2. The lowest BCUT2D eigenvalue weighted by atomic mass is 10.00. The van der Waals surface area contributed by atoms with E-state index in [0.29, 0.717) is 34.7 Å². The zero-order valence-corrected chi connectivity index (χ0v) is 17.8. The maximum atomic E-state index is 13.0. The first kappa shape index (κ1) is 20.7. The molecule has 4 rings (SSSR count). The van der Waals surface area contributed by atoms with Gasteiger partial charge in [-0.3, -0.25) is 14.6 Å². The molecule has 1 fully saturated rings. The van der Waals surface area contributed by atoms with Gasteiger partial charge in [0, 0.05) is 42.1 Å². The first-order valence-electron chi connectivity index (χ1n) is 9.50. The molecule has 0 bridgehead atoms. The highest BCUT2D eigenvalue weighted by Gasteiger charge is 2.44. The lowest BCUT2D eigenvalue weighted by Crippen LogP contribution is -2.52. The van der Waals surface area contributed by atoms with Crippen molar-refractivity contribution in [1.29, 1.82) is 0 Å². The molecule has 7 nitrogen and oxygen atoms in total. The Morgan fingerprint density at radius 2 is 1.67 bits per heavy atom. The maximum absolute atomic E-state index is 13.0. The fourth-order valence-corrected chi connectivity index (χ4v) is 5.28. The number of aliphatic imine (C=N–C) groups is 1. The molecule has 156 valence electrons. The third-order valence-electron chi connectivity index (χ3n) is 5.45.